The van der Waals surface area contributed by atoms with E-state index in [9.17, 15) is 9.59 Å². The standard InChI is InChI=1S/C24H37N3O3/c1-24(2,3)30-23(29)26(4)15-18-9-8-14-27(16-18)17-22(28)25-21-13-7-11-19-10-5-6-12-20(19)21/h5-6,10,12,18,21H,7-9,11,13-17H2,1-4H3,(H,25,28). The summed E-state index contributed by atoms with van der Waals surface area (Å²) >= 11 is 0. The van der Waals surface area contributed by atoms with Gasteiger partial charge in [0.25, 0.3) is 0 Å². The van der Waals surface area contributed by atoms with E-state index in [1.54, 1.807) is 11.9 Å². The number of nitrogens with zero attached hydrogens (tertiary/aromatic N) is 2. The minimum atomic E-state index is -0.486. The average molecular weight is 416 g/mol. The molecule has 2 atom stereocenters. The summed E-state index contributed by atoms with van der Waals surface area (Å²) in [6, 6.07) is 8.57. The highest BCUT2D eigenvalue weighted by Crippen LogP contribution is 2.29. The molecule has 1 aliphatic carbocycles. The molecule has 1 fully saturated rings. The van der Waals surface area contributed by atoms with Crippen LogP contribution in [-0.2, 0) is 16.0 Å². The van der Waals surface area contributed by atoms with Gasteiger partial charge in [-0.25, -0.2) is 4.79 Å². The fourth-order valence-corrected chi connectivity index (χ4v) is 4.59. The number of piperidine rings is 1. The summed E-state index contributed by atoms with van der Waals surface area (Å²) < 4.78 is 5.45. The Bertz CT molecular complexity index is 743. The normalized spacial score (nSPS) is 22.1. The fourth-order valence-electron chi connectivity index (χ4n) is 4.59. The number of hydrogen-bond acceptors (Lipinski definition) is 4. The maximum atomic E-state index is 12.7. The number of carbonyl (C=O) groups excluding carboxylic acids is 2. The summed E-state index contributed by atoms with van der Waals surface area (Å²) in [5.74, 6) is 0.456. The molecular formula is C24H37N3O3. The quantitative estimate of drug-likeness (QED) is 0.795. The van der Waals surface area contributed by atoms with E-state index in [2.05, 4.69) is 34.5 Å². The van der Waals surface area contributed by atoms with E-state index in [4.69, 9.17) is 4.74 Å². The highest BCUT2D eigenvalue weighted by atomic mass is 16.6. The summed E-state index contributed by atoms with van der Waals surface area (Å²) in [5.41, 5.74) is 2.14. The van der Waals surface area contributed by atoms with Crippen molar-refractivity contribution >= 4 is 12.0 Å². The van der Waals surface area contributed by atoms with Crippen molar-refractivity contribution < 1.29 is 14.3 Å². The molecule has 2 amide bonds. The van der Waals surface area contributed by atoms with Crippen molar-refractivity contribution in [3.8, 4) is 0 Å². The summed E-state index contributed by atoms with van der Waals surface area (Å²) in [5, 5.41) is 3.26. The third kappa shape index (κ3) is 6.46. The van der Waals surface area contributed by atoms with Gasteiger partial charge in [-0.2, -0.15) is 0 Å². The highest BCUT2D eigenvalue weighted by molar-refractivity contribution is 5.78. The molecule has 1 N–H and O–H groups in total. The molecule has 166 valence electrons. The first kappa shape index (κ1) is 22.6. The van der Waals surface area contributed by atoms with Crippen LogP contribution in [0.4, 0.5) is 4.79 Å². The first-order valence-electron chi connectivity index (χ1n) is 11.2. The molecule has 1 saturated heterocycles. The number of benzene rings is 1. The number of likely N-dealkylation sites (tertiary alicyclic amines) is 1. The van der Waals surface area contributed by atoms with Crippen LogP contribution in [-0.4, -0.2) is 60.6 Å². The van der Waals surface area contributed by atoms with Gasteiger partial charge in [0.05, 0.1) is 12.6 Å². The zero-order valence-electron chi connectivity index (χ0n) is 18.9. The van der Waals surface area contributed by atoms with Crippen LogP contribution in [0.1, 0.15) is 63.6 Å². The Morgan fingerprint density at radius 3 is 2.73 bits per heavy atom. The molecule has 0 aromatic heterocycles. The van der Waals surface area contributed by atoms with E-state index < -0.39 is 5.60 Å². The Kier molecular flexibility index (Phi) is 7.40. The molecule has 1 aliphatic heterocycles. The van der Waals surface area contributed by atoms with Crippen molar-refractivity contribution in [1.82, 2.24) is 15.1 Å². The second-order valence-corrected chi connectivity index (χ2v) is 9.82. The van der Waals surface area contributed by atoms with Crippen molar-refractivity contribution in [3.63, 3.8) is 0 Å². The Labute approximate surface area is 180 Å². The highest BCUT2D eigenvalue weighted by Gasteiger charge is 2.27. The first-order valence-corrected chi connectivity index (χ1v) is 11.2. The lowest BCUT2D eigenvalue weighted by Gasteiger charge is -2.35. The van der Waals surface area contributed by atoms with E-state index in [-0.39, 0.29) is 18.0 Å². The molecule has 30 heavy (non-hydrogen) atoms. The van der Waals surface area contributed by atoms with Crippen molar-refractivity contribution in [1.29, 1.82) is 0 Å². The predicted molar refractivity (Wildman–Crippen MR) is 118 cm³/mol. The largest absolute Gasteiger partial charge is 0.444 e. The van der Waals surface area contributed by atoms with Gasteiger partial charge in [0.2, 0.25) is 5.91 Å². The van der Waals surface area contributed by atoms with Gasteiger partial charge in [-0.3, -0.25) is 9.69 Å². The molecule has 6 heteroatoms. The Hall–Kier alpha value is -2.08. The Morgan fingerprint density at radius 2 is 1.97 bits per heavy atom. The van der Waals surface area contributed by atoms with Crippen LogP contribution in [0.2, 0.25) is 0 Å². The smallest absolute Gasteiger partial charge is 0.410 e. The van der Waals surface area contributed by atoms with E-state index >= 15 is 0 Å². The second kappa shape index (κ2) is 9.82. The second-order valence-electron chi connectivity index (χ2n) is 9.82. The number of ether oxygens (including phenoxy) is 1. The SMILES string of the molecule is CN(CC1CCCN(CC(=O)NC2CCCc3ccccc32)C1)C(=O)OC(C)(C)C. The molecule has 0 spiro atoms. The van der Waals surface area contributed by atoms with E-state index in [0.717, 1.165) is 45.2 Å². The van der Waals surface area contributed by atoms with Gasteiger partial charge in [0, 0.05) is 20.1 Å². The zero-order valence-corrected chi connectivity index (χ0v) is 18.9. The Morgan fingerprint density at radius 1 is 1.20 bits per heavy atom. The molecule has 1 aromatic carbocycles. The molecule has 1 heterocycles. The van der Waals surface area contributed by atoms with E-state index in [1.807, 2.05) is 20.8 Å². The van der Waals surface area contributed by atoms with Crippen LogP contribution in [0, 0.1) is 5.92 Å². The number of amides is 2. The molecule has 3 rings (SSSR count). The van der Waals surface area contributed by atoms with Gasteiger partial charge in [0.1, 0.15) is 5.60 Å². The summed E-state index contributed by atoms with van der Waals surface area (Å²) in [6.45, 7) is 8.48. The van der Waals surface area contributed by atoms with Crippen molar-refractivity contribution in [2.45, 2.75) is 64.5 Å². The Balaban J connectivity index is 1.48. The van der Waals surface area contributed by atoms with E-state index in [0.29, 0.717) is 19.0 Å². The lowest BCUT2D eigenvalue weighted by molar-refractivity contribution is -0.123. The predicted octanol–water partition coefficient (Wildman–Crippen LogP) is 3.76. The third-order valence-electron chi connectivity index (χ3n) is 5.91. The summed E-state index contributed by atoms with van der Waals surface area (Å²) in [7, 11) is 1.79. The summed E-state index contributed by atoms with van der Waals surface area (Å²) in [6.07, 6.45) is 5.06. The van der Waals surface area contributed by atoms with Crippen LogP contribution < -0.4 is 5.32 Å². The number of carbonyl (C=O) groups is 2. The molecule has 6 nitrogen and oxygen atoms in total. The molecule has 1 aromatic rings. The first-order chi connectivity index (χ1) is 14.2. The number of rotatable bonds is 5. The molecule has 0 saturated carbocycles. The van der Waals surface area contributed by atoms with Crippen LogP contribution in [0.5, 0.6) is 0 Å². The minimum absolute atomic E-state index is 0.0952. The third-order valence-corrected chi connectivity index (χ3v) is 5.91. The van der Waals surface area contributed by atoms with Crippen molar-refractivity contribution in [2.24, 2.45) is 5.92 Å². The van der Waals surface area contributed by atoms with Crippen molar-refractivity contribution in [3.05, 3.63) is 35.4 Å². The molecule has 0 radical (unpaired) electrons. The maximum absolute atomic E-state index is 12.7. The van der Waals surface area contributed by atoms with Crippen LogP contribution >= 0.6 is 0 Å². The molecular weight excluding hydrogens is 378 g/mol. The maximum Gasteiger partial charge on any atom is 0.410 e. The minimum Gasteiger partial charge on any atom is -0.444 e. The summed E-state index contributed by atoms with van der Waals surface area (Å²) in [4.78, 5) is 28.9. The molecule has 2 unspecified atom stereocenters. The van der Waals surface area contributed by atoms with Gasteiger partial charge in [-0.1, -0.05) is 24.3 Å². The van der Waals surface area contributed by atoms with Gasteiger partial charge >= 0.3 is 6.09 Å². The monoisotopic (exact) mass is 415 g/mol. The molecule has 0 bridgehead atoms. The lowest BCUT2D eigenvalue weighted by Crippen LogP contribution is -2.46. The van der Waals surface area contributed by atoms with Gasteiger partial charge < -0.3 is 15.0 Å². The van der Waals surface area contributed by atoms with E-state index in [1.165, 1.54) is 11.1 Å². The van der Waals surface area contributed by atoms with Crippen LogP contribution in [0.15, 0.2) is 24.3 Å². The van der Waals surface area contributed by atoms with Crippen LogP contribution in [0.25, 0.3) is 0 Å². The van der Waals surface area contributed by atoms with Gasteiger partial charge in [-0.05, 0) is 76.5 Å². The zero-order chi connectivity index (χ0) is 21.7. The van der Waals surface area contributed by atoms with Gasteiger partial charge in [0.15, 0.2) is 0 Å². The number of fused-ring (bicyclic) bond motifs is 1. The van der Waals surface area contributed by atoms with Crippen LogP contribution in [0.3, 0.4) is 0 Å². The van der Waals surface area contributed by atoms with Crippen molar-refractivity contribution in [2.75, 3.05) is 33.2 Å². The number of hydrogen-bond donors (Lipinski definition) is 1. The lowest BCUT2D eigenvalue weighted by atomic mass is 9.88. The average Bonchev–Trinajstić information content (AvgIpc) is 2.67. The molecule has 2 aliphatic rings. The topological polar surface area (TPSA) is 61.9 Å². The number of aryl methyl sites for hydroxylation is 1. The fraction of sp³-hybridized carbons (Fsp3) is 0.667. The number of nitrogens with one attached hydrogen (secondary N) is 1. The van der Waals surface area contributed by atoms with Gasteiger partial charge in [-0.15, -0.1) is 0 Å².